The second-order valence-electron chi connectivity index (χ2n) is 5.13. The van der Waals surface area contributed by atoms with Crippen LogP contribution in [0.1, 0.15) is 0 Å². The minimum absolute atomic E-state index is 0.364. The Morgan fingerprint density at radius 2 is 1.96 bits per heavy atom. The molecular weight excluding hydrogens is 305 g/mol. The van der Waals surface area contributed by atoms with Gasteiger partial charge in [0.25, 0.3) is 5.82 Å². The largest absolute Gasteiger partial charge is 0.362 e. The minimum Gasteiger partial charge on any atom is -0.362 e. The van der Waals surface area contributed by atoms with Crippen LogP contribution in [0.5, 0.6) is 0 Å². The van der Waals surface area contributed by atoms with Crippen LogP contribution >= 0.6 is 0 Å². The van der Waals surface area contributed by atoms with E-state index in [4.69, 9.17) is 6.57 Å². The van der Waals surface area contributed by atoms with Crippen molar-refractivity contribution in [2.75, 3.05) is 0 Å². The summed E-state index contributed by atoms with van der Waals surface area (Å²) < 4.78 is 15.3. The van der Waals surface area contributed by atoms with Crippen LogP contribution in [0.4, 0.5) is 10.2 Å². The molecule has 0 spiro atoms. The van der Waals surface area contributed by atoms with Crippen LogP contribution in [0, 0.1) is 12.4 Å². The van der Waals surface area contributed by atoms with E-state index in [1.54, 1.807) is 10.6 Å². The smallest absolute Gasteiger partial charge is 0.254 e. The molecule has 0 atom stereocenters. The minimum atomic E-state index is -0.364. The Balaban J connectivity index is 1.93. The van der Waals surface area contributed by atoms with Gasteiger partial charge in [-0.05, 0) is 18.2 Å². The number of aromatic nitrogens is 4. The summed E-state index contributed by atoms with van der Waals surface area (Å²) in [7, 11) is 0. The average Bonchev–Trinajstić information content (AvgIpc) is 3.04. The zero-order chi connectivity index (χ0) is 16.5. The average molecular weight is 315 g/mol. The third kappa shape index (κ3) is 2.29. The maximum absolute atomic E-state index is 13.5. The number of fused-ring (bicyclic) bond motifs is 1. The molecule has 114 valence electrons. The van der Waals surface area contributed by atoms with Crippen LogP contribution in [-0.2, 0) is 0 Å². The van der Waals surface area contributed by atoms with E-state index in [0.29, 0.717) is 22.9 Å². The summed E-state index contributed by atoms with van der Waals surface area (Å²) in [5, 5.41) is 0. The van der Waals surface area contributed by atoms with Gasteiger partial charge >= 0.3 is 0 Å². The van der Waals surface area contributed by atoms with E-state index in [-0.39, 0.29) is 5.82 Å². The molecule has 4 aromatic rings. The van der Waals surface area contributed by atoms with Crippen molar-refractivity contribution in [3.8, 4) is 22.5 Å². The van der Waals surface area contributed by atoms with E-state index in [9.17, 15) is 4.39 Å². The van der Waals surface area contributed by atoms with Crippen LogP contribution in [0.3, 0.4) is 0 Å². The number of halogens is 1. The number of rotatable bonds is 2. The molecule has 0 saturated carbocycles. The van der Waals surface area contributed by atoms with Gasteiger partial charge in [-0.2, -0.15) is 0 Å². The van der Waals surface area contributed by atoms with E-state index >= 15 is 0 Å². The normalized spacial score (nSPS) is 10.7. The monoisotopic (exact) mass is 315 g/mol. The Kier molecular flexibility index (Phi) is 3.25. The lowest BCUT2D eigenvalue weighted by Gasteiger charge is -2.08. The van der Waals surface area contributed by atoms with Gasteiger partial charge in [-0.15, -0.1) is 0 Å². The fourth-order valence-electron chi connectivity index (χ4n) is 2.59. The highest BCUT2D eigenvalue weighted by Crippen LogP contribution is 2.30. The molecule has 0 unspecified atom stereocenters. The molecule has 0 fully saturated rings. The molecule has 0 aliphatic carbocycles. The van der Waals surface area contributed by atoms with Crippen molar-refractivity contribution < 1.29 is 4.39 Å². The molecule has 0 aromatic carbocycles. The molecule has 24 heavy (non-hydrogen) atoms. The molecule has 0 aliphatic heterocycles. The second kappa shape index (κ2) is 5.56. The first-order chi connectivity index (χ1) is 11.8. The third-order valence-electron chi connectivity index (χ3n) is 3.68. The highest BCUT2D eigenvalue weighted by Gasteiger charge is 2.13. The van der Waals surface area contributed by atoms with Gasteiger partial charge in [-0.3, -0.25) is 9.97 Å². The number of imidazole rings is 1. The zero-order valence-corrected chi connectivity index (χ0v) is 12.4. The van der Waals surface area contributed by atoms with Crippen LogP contribution < -0.4 is 0 Å². The van der Waals surface area contributed by atoms with Gasteiger partial charge in [0.1, 0.15) is 5.82 Å². The molecule has 0 radical (unpaired) electrons. The number of pyridine rings is 3. The quantitative estimate of drug-likeness (QED) is 0.522. The van der Waals surface area contributed by atoms with Crippen LogP contribution in [0.25, 0.3) is 33.0 Å². The molecule has 0 saturated heterocycles. The summed E-state index contributed by atoms with van der Waals surface area (Å²) in [6, 6.07) is 10.1. The Hall–Kier alpha value is -3.59. The lowest BCUT2D eigenvalue weighted by Crippen LogP contribution is -1.93. The second-order valence-corrected chi connectivity index (χ2v) is 5.13. The maximum Gasteiger partial charge on any atom is 0.254 e. The summed E-state index contributed by atoms with van der Waals surface area (Å²) in [5.41, 5.74) is 3.39. The van der Waals surface area contributed by atoms with Gasteiger partial charge < -0.3 is 4.85 Å². The van der Waals surface area contributed by atoms with Crippen LogP contribution in [0.2, 0.25) is 0 Å². The van der Waals surface area contributed by atoms with Crippen LogP contribution in [-0.4, -0.2) is 19.4 Å². The van der Waals surface area contributed by atoms with Crippen molar-refractivity contribution in [2.24, 2.45) is 0 Å². The standard InChI is InChI=1S/C18H10FN5/c1-20-17-10-23-16-5-4-12(11-24(16)17)14-3-2-7-22-18(14)15-9-13(19)6-8-21-15/h2-11H. The predicted molar refractivity (Wildman–Crippen MR) is 87.9 cm³/mol. The number of hydrogen-bond acceptors (Lipinski definition) is 3. The highest BCUT2D eigenvalue weighted by atomic mass is 19.1. The summed E-state index contributed by atoms with van der Waals surface area (Å²) in [6.45, 7) is 7.22. The molecule has 4 heterocycles. The molecule has 5 nitrogen and oxygen atoms in total. The fourth-order valence-corrected chi connectivity index (χ4v) is 2.59. The zero-order valence-electron chi connectivity index (χ0n) is 12.4. The Morgan fingerprint density at radius 3 is 2.79 bits per heavy atom. The number of nitrogens with zero attached hydrogens (tertiary/aromatic N) is 5. The molecule has 6 heteroatoms. The lowest BCUT2D eigenvalue weighted by atomic mass is 10.0. The summed E-state index contributed by atoms with van der Waals surface area (Å²) in [4.78, 5) is 16.2. The van der Waals surface area contributed by atoms with E-state index in [1.165, 1.54) is 24.5 Å². The van der Waals surface area contributed by atoms with E-state index < -0.39 is 0 Å². The first kappa shape index (κ1) is 14.0. The van der Waals surface area contributed by atoms with Crippen molar-refractivity contribution in [3.63, 3.8) is 0 Å². The van der Waals surface area contributed by atoms with Gasteiger partial charge in [0, 0.05) is 35.7 Å². The third-order valence-corrected chi connectivity index (χ3v) is 3.68. The molecule has 4 aromatic heterocycles. The fraction of sp³-hybridized carbons (Fsp3) is 0. The van der Waals surface area contributed by atoms with E-state index in [0.717, 1.165) is 11.1 Å². The van der Waals surface area contributed by atoms with Gasteiger partial charge in [0.2, 0.25) is 5.65 Å². The first-order valence-corrected chi connectivity index (χ1v) is 7.18. The number of hydrogen-bond donors (Lipinski definition) is 0. The highest BCUT2D eigenvalue weighted by molar-refractivity contribution is 5.79. The van der Waals surface area contributed by atoms with Crippen LogP contribution in [0.15, 0.2) is 61.2 Å². The molecule has 0 aliphatic rings. The van der Waals surface area contributed by atoms with Crippen molar-refractivity contribution in [1.29, 1.82) is 0 Å². The molecular formula is C18H10FN5. The van der Waals surface area contributed by atoms with Crippen molar-refractivity contribution in [2.45, 2.75) is 0 Å². The molecule has 4 rings (SSSR count). The Labute approximate surface area is 136 Å². The first-order valence-electron chi connectivity index (χ1n) is 7.18. The lowest BCUT2D eigenvalue weighted by molar-refractivity contribution is 0.626. The SMILES string of the molecule is [C-]#[N+]c1cnc2ccc(-c3cccnc3-c3cc(F)ccn3)cn12. The van der Waals surface area contributed by atoms with Crippen molar-refractivity contribution in [3.05, 3.63) is 78.4 Å². The van der Waals surface area contributed by atoms with Gasteiger partial charge in [-0.25, -0.2) is 13.8 Å². The summed E-state index contributed by atoms with van der Waals surface area (Å²) in [6.07, 6.45) is 6.42. The Bertz CT molecular complexity index is 1090. The van der Waals surface area contributed by atoms with Crippen molar-refractivity contribution >= 4 is 11.5 Å². The van der Waals surface area contributed by atoms with E-state index in [1.807, 2.05) is 30.5 Å². The molecule has 0 N–H and O–H groups in total. The van der Waals surface area contributed by atoms with Gasteiger partial charge in [-0.1, -0.05) is 12.6 Å². The maximum atomic E-state index is 13.5. The van der Waals surface area contributed by atoms with Gasteiger partial charge in [0.05, 0.1) is 23.8 Å². The Morgan fingerprint density at radius 1 is 1.04 bits per heavy atom. The molecule has 0 bridgehead atoms. The topological polar surface area (TPSA) is 47.4 Å². The van der Waals surface area contributed by atoms with Gasteiger partial charge in [0.15, 0.2) is 0 Å². The predicted octanol–water partition coefficient (Wildman–Crippen LogP) is 4.15. The summed E-state index contributed by atoms with van der Waals surface area (Å²) in [5.74, 6) is 0.0677. The molecule has 0 amide bonds. The van der Waals surface area contributed by atoms with E-state index in [2.05, 4.69) is 19.8 Å². The summed E-state index contributed by atoms with van der Waals surface area (Å²) >= 11 is 0. The van der Waals surface area contributed by atoms with Crippen molar-refractivity contribution in [1.82, 2.24) is 19.4 Å².